The molecule has 1 aromatic heterocycles. The summed E-state index contributed by atoms with van der Waals surface area (Å²) < 4.78 is 19.0. The smallest absolute Gasteiger partial charge is 0.247 e. The van der Waals surface area contributed by atoms with E-state index in [1.165, 1.54) is 50.7 Å². The zero-order chi connectivity index (χ0) is 20.1. The molecule has 4 rings (SSSR count). The molecule has 29 heavy (non-hydrogen) atoms. The number of benzene rings is 1. The molecule has 1 heterocycles. The average Bonchev–Trinajstić information content (AvgIpc) is 3.24. The Morgan fingerprint density at radius 3 is 2.03 bits per heavy atom. The van der Waals surface area contributed by atoms with Gasteiger partial charge in [0.05, 0.1) is 0 Å². The van der Waals surface area contributed by atoms with Crippen LogP contribution in [-0.2, 0) is 4.79 Å². The molecule has 1 amide bonds. The Hall–Kier alpha value is -2.36. The van der Waals surface area contributed by atoms with E-state index >= 15 is 0 Å². The molecule has 0 radical (unpaired) electrons. The van der Waals surface area contributed by atoms with Crippen LogP contribution < -0.4 is 0 Å². The van der Waals surface area contributed by atoms with Crippen LogP contribution in [0.15, 0.2) is 46.9 Å². The molecular formula is C25H30FNO2. The lowest BCUT2D eigenvalue weighted by molar-refractivity contribution is -0.132. The predicted molar refractivity (Wildman–Crippen MR) is 114 cm³/mol. The van der Waals surface area contributed by atoms with Crippen molar-refractivity contribution in [3.05, 3.63) is 54.1 Å². The maximum Gasteiger partial charge on any atom is 0.247 e. The second kappa shape index (κ2) is 9.43. The van der Waals surface area contributed by atoms with Gasteiger partial charge in [-0.3, -0.25) is 4.79 Å². The van der Waals surface area contributed by atoms with Gasteiger partial charge in [-0.15, -0.1) is 0 Å². The average molecular weight is 396 g/mol. The van der Waals surface area contributed by atoms with Gasteiger partial charge in [0.2, 0.25) is 5.91 Å². The van der Waals surface area contributed by atoms with Gasteiger partial charge in [-0.2, -0.15) is 0 Å². The van der Waals surface area contributed by atoms with E-state index in [2.05, 4.69) is 4.90 Å². The first kappa shape index (κ1) is 19.9. The number of rotatable bonds is 5. The van der Waals surface area contributed by atoms with Gasteiger partial charge in [-0.1, -0.05) is 38.5 Å². The standard InChI is InChI=1S/C25H30FNO2/c26-20-13-11-19(12-14-20)24-17-15-23(29-24)16-18-25(28)27(21-7-3-1-4-8-21)22-9-5-2-6-10-22/h11-18,21-22H,1-10H2/b18-16+. The van der Waals surface area contributed by atoms with E-state index in [4.69, 9.17) is 4.42 Å². The zero-order valence-corrected chi connectivity index (χ0v) is 17.0. The summed E-state index contributed by atoms with van der Waals surface area (Å²) in [5.41, 5.74) is 0.823. The van der Waals surface area contributed by atoms with Crippen LogP contribution in [0.4, 0.5) is 4.39 Å². The Kier molecular flexibility index (Phi) is 6.48. The van der Waals surface area contributed by atoms with Crippen LogP contribution in [0.1, 0.15) is 70.0 Å². The highest BCUT2D eigenvalue weighted by atomic mass is 19.1. The number of nitrogens with zero attached hydrogens (tertiary/aromatic N) is 1. The van der Waals surface area contributed by atoms with Gasteiger partial charge in [-0.25, -0.2) is 4.39 Å². The van der Waals surface area contributed by atoms with Gasteiger partial charge >= 0.3 is 0 Å². The minimum Gasteiger partial charge on any atom is -0.457 e. The molecule has 0 saturated heterocycles. The van der Waals surface area contributed by atoms with Crippen molar-refractivity contribution in [1.82, 2.24) is 4.90 Å². The molecule has 0 spiro atoms. The molecule has 0 N–H and O–H groups in total. The lowest BCUT2D eigenvalue weighted by Crippen LogP contribution is -2.48. The maximum absolute atomic E-state index is 13.2. The van der Waals surface area contributed by atoms with Crippen molar-refractivity contribution in [2.45, 2.75) is 76.3 Å². The molecule has 2 aliphatic rings. The van der Waals surface area contributed by atoms with Crippen molar-refractivity contribution in [3.8, 4) is 11.3 Å². The third-order valence-electron chi connectivity index (χ3n) is 6.34. The van der Waals surface area contributed by atoms with E-state index in [0.717, 1.165) is 31.2 Å². The van der Waals surface area contributed by atoms with Crippen LogP contribution in [0.25, 0.3) is 17.4 Å². The van der Waals surface area contributed by atoms with Gasteiger partial charge in [-0.05, 0) is 68.2 Å². The molecule has 3 nitrogen and oxygen atoms in total. The summed E-state index contributed by atoms with van der Waals surface area (Å²) in [6.45, 7) is 0. The number of amides is 1. The predicted octanol–water partition coefficient (Wildman–Crippen LogP) is 6.59. The third kappa shape index (κ3) is 4.98. The molecule has 4 heteroatoms. The number of carbonyl (C=O) groups excluding carboxylic acids is 1. The number of carbonyl (C=O) groups is 1. The van der Waals surface area contributed by atoms with Crippen LogP contribution in [-0.4, -0.2) is 22.9 Å². The fourth-order valence-corrected chi connectivity index (χ4v) is 4.83. The van der Waals surface area contributed by atoms with Gasteiger partial charge in [0, 0.05) is 23.7 Å². The molecule has 0 unspecified atom stereocenters. The van der Waals surface area contributed by atoms with E-state index in [0.29, 0.717) is 23.6 Å². The van der Waals surface area contributed by atoms with Crippen LogP contribution in [0.5, 0.6) is 0 Å². The number of halogens is 1. The van der Waals surface area contributed by atoms with Gasteiger partial charge < -0.3 is 9.32 Å². The summed E-state index contributed by atoms with van der Waals surface area (Å²) in [5, 5.41) is 0. The van der Waals surface area contributed by atoms with Gasteiger partial charge in [0.15, 0.2) is 0 Å². The van der Waals surface area contributed by atoms with E-state index in [9.17, 15) is 9.18 Å². The Balaban J connectivity index is 1.47. The molecule has 2 aromatic rings. The highest BCUT2D eigenvalue weighted by Crippen LogP contribution is 2.31. The van der Waals surface area contributed by atoms with E-state index in [1.54, 1.807) is 24.3 Å². The summed E-state index contributed by atoms with van der Waals surface area (Å²) in [6.07, 6.45) is 15.5. The summed E-state index contributed by atoms with van der Waals surface area (Å²) >= 11 is 0. The second-order valence-electron chi connectivity index (χ2n) is 8.37. The number of hydrogen-bond acceptors (Lipinski definition) is 2. The monoisotopic (exact) mass is 395 g/mol. The molecule has 0 bridgehead atoms. The third-order valence-corrected chi connectivity index (χ3v) is 6.34. The van der Waals surface area contributed by atoms with E-state index in [-0.39, 0.29) is 11.7 Å². The topological polar surface area (TPSA) is 33.5 Å². The van der Waals surface area contributed by atoms with Crippen molar-refractivity contribution in [2.24, 2.45) is 0 Å². The summed E-state index contributed by atoms with van der Waals surface area (Å²) in [6, 6.07) is 10.7. The molecule has 0 atom stereocenters. The normalized spacial score (nSPS) is 18.9. The largest absolute Gasteiger partial charge is 0.457 e. The minimum atomic E-state index is -0.267. The first-order valence-electron chi connectivity index (χ1n) is 11.1. The fraction of sp³-hybridized carbons (Fsp3) is 0.480. The second-order valence-corrected chi connectivity index (χ2v) is 8.37. The van der Waals surface area contributed by atoms with E-state index in [1.807, 2.05) is 12.1 Å². The van der Waals surface area contributed by atoms with Gasteiger partial charge in [0.25, 0.3) is 0 Å². The minimum absolute atomic E-state index is 0.114. The molecule has 2 saturated carbocycles. The molecule has 0 aliphatic heterocycles. The molecule has 154 valence electrons. The lowest BCUT2D eigenvalue weighted by Gasteiger charge is -2.41. The highest BCUT2D eigenvalue weighted by Gasteiger charge is 2.31. The highest BCUT2D eigenvalue weighted by molar-refractivity contribution is 5.92. The Morgan fingerprint density at radius 1 is 0.862 bits per heavy atom. The fourth-order valence-electron chi connectivity index (χ4n) is 4.83. The molecule has 1 aromatic carbocycles. The van der Waals surface area contributed by atoms with Crippen molar-refractivity contribution in [1.29, 1.82) is 0 Å². The molecular weight excluding hydrogens is 365 g/mol. The van der Waals surface area contributed by atoms with E-state index < -0.39 is 0 Å². The van der Waals surface area contributed by atoms with Crippen LogP contribution in [0.3, 0.4) is 0 Å². The van der Waals surface area contributed by atoms with Crippen LogP contribution in [0, 0.1) is 5.82 Å². The quantitative estimate of drug-likeness (QED) is 0.535. The number of furan rings is 1. The summed E-state index contributed by atoms with van der Waals surface area (Å²) in [4.78, 5) is 15.4. The zero-order valence-electron chi connectivity index (χ0n) is 17.0. The summed E-state index contributed by atoms with van der Waals surface area (Å²) in [5.74, 6) is 1.17. The lowest BCUT2D eigenvalue weighted by atomic mass is 9.88. The van der Waals surface area contributed by atoms with Gasteiger partial charge in [0.1, 0.15) is 17.3 Å². The van der Waals surface area contributed by atoms with Crippen molar-refractivity contribution >= 4 is 12.0 Å². The molecule has 2 aliphatic carbocycles. The first-order valence-corrected chi connectivity index (χ1v) is 11.1. The molecule has 2 fully saturated rings. The number of hydrogen-bond donors (Lipinski definition) is 0. The Morgan fingerprint density at radius 2 is 1.45 bits per heavy atom. The Labute approximate surface area is 172 Å². The van der Waals surface area contributed by atoms with Crippen LogP contribution >= 0.6 is 0 Å². The van der Waals surface area contributed by atoms with Crippen molar-refractivity contribution in [3.63, 3.8) is 0 Å². The Bertz CT molecular complexity index is 809. The van der Waals surface area contributed by atoms with Crippen molar-refractivity contribution in [2.75, 3.05) is 0 Å². The maximum atomic E-state index is 13.2. The van der Waals surface area contributed by atoms with Crippen LogP contribution in [0.2, 0.25) is 0 Å². The summed E-state index contributed by atoms with van der Waals surface area (Å²) in [7, 11) is 0. The SMILES string of the molecule is O=C(/C=C/c1ccc(-c2ccc(F)cc2)o1)N(C1CCCCC1)C1CCCCC1. The van der Waals surface area contributed by atoms with Crippen molar-refractivity contribution < 1.29 is 13.6 Å². The first-order chi connectivity index (χ1) is 14.2.